The molecule has 0 bridgehead atoms. The van der Waals surface area contributed by atoms with E-state index in [2.05, 4.69) is 36.3 Å². The fourth-order valence-corrected chi connectivity index (χ4v) is 2.30. The number of para-hydroxylation sites is 1. The summed E-state index contributed by atoms with van der Waals surface area (Å²) >= 11 is 0. The fraction of sp³-hybridized carbons (Fsp3) is 0.278. The SMILES string of the molecule is CC(C)(C)n1ccc(NC(=O)Cc2ccn(-c3ccccc3)n2)n1. The maximum absolute atomic E-state index is 12.2. The standard InChI is InChI=1S/C18H21N5O/c1-18(2,3)23-12-10-16(21-23)19-17(24)13-14-9-11-22(20-14)15-7-5-4-6-8-15/h4-12H,13H2,1-3H3,(H,19,21,24). The zero-order valence-electron chi connectivity index (χ0n) is 14.1. The molecule has 6 nitrogen and oxygen atoms in total. The Labute approximate surface area is 141 Å². The van der Waals surface area contributed by atoms with Gasteiger partial charge in [-0.3, -0.25) is 9.48 Å². The average Bonchev–Trinajstić information content (AvgIpc) is 3.17. The molecule has 0 fully saturated rings. The molecule has 0 atom stereocenters. The molecule has 124 valence electrons. The minimum Gasteiger partial charge on any atom is -0.309 e. The number of amides is 1. The molecule has 1 amide bonds. The number of anilines is 1. The maximum atomic E-state index is 12.2. The van der Waals surface area contributed by atoms with Crippen molar-refractivity contribution in [2.24, 2.45) is 0 Å². The van der Waals surface area contributed by atoms with Gasteiger partial charge in [0.05, 0.1) is 23.3 Å². The number of benzene rings is 1. The largest absolute Gasteiger partial charge is 0.309 e. The first-order valence-electron chi connectivity index (χ1n) is 7.88. The lowest BCUT2D eigenvalue weighted by Gasteiger charge is -2.18. The van der Waals surface area contributed by atoms with Gasteiger partial charge in [0, 0.05) is 18.5 Å². The van der Waals surface area contributed by atoms with Gasteiger partial charge in [0.15, 0.2) is 5.82 Å². The van der Waals surface area contributed by atoms with Gasteiger partial charge in [-0.15, -0.1) is 0 Å². The Morgan fingerprint density at radius 1 is 1.04 bits per heavy atom. The van der Waals surface area contributed by atoms with E-state index in [0.717, 1.165) is 5.69 Å². The molecule has 0 radical (unpaired) electrons. The summed E-state index contributed by atoms with van der Waals surface area (Å²) in [6, 6.07) is 13.4. The summed E-state index contributed by atoms with van der Waals surface area (Å²) < 4.78 is 3.59. The van der Waals surface area contributed by atoms with Crippen LogP contribution in [0, 0.1) is 0 Å². The van der Waals surface area contributed by atoms with E-state index in [4.69, 9.17) is 0 Å². The van der Waals surface area contributed by atoms with Crippen molar-refractivity contribution in [1.29, 1.82) is 0 Å². The summed E-state index contributed by atoms with van der Waals surface area (Å²) in [5.41, 5.74) is 1.57. The van der Waals surface area contributed by atoms with Crippen molar-refractivity contribution >= 4 is 11.7 Å². The second-order valence-electron chi connectivity index (χ2n) is 6.63. The van der Waals surface area contributed by atoms with Gasteiger partial charge in [0.2, 0.25) is 5.91 Å². The van der Waals surface area contributed by atoms with Crippen LogP contribution in [0.5, 0.6) is 0 Å². The van der Waals surface area contributed by atoms with Crippen LogP contribution >= 0.6 is 0 Å². The quantitative estimate of drug-likeness (QED) is 0.802. The van der Waals surface area contributed by atoms with Gasteiger partial charge in [-0.1, -0.05) is 18.2 Å². The smallest absolute Gasteiger partial charge is 0.231 e. The van der Waals surface area contributed by atoms with E-state index in [1.165, 1.54) is 0 Å². The third kappa shape index (κ3) is 3.71. The number of aromatic nitrogens is 4. The molecule has 0 aliphatic rings. The maximum Gasteiger partial charge on any atom is 0.231 e. The summed E-state index contributed by atoms with van der Waals surface area (Å²) in [6.45, 7) is 6.17. The van der Waals surface area contributed by atoms with Gasteiger partial charge in [-0.25, -0.2) is 4.68 Å². The van der Waals surface area contributed by atoms with Crippen molar-refractivity contribution in [3.05, 3.63) is 60.6 Å². The number of nitrogens with zero attached hydrogens (tertiary/aromatic N) is 4. The summed E-state index contributed by atoms with van der Waals surface area (Å²) in [5.74, 6) is 0.421. The molecule has 1 aromatic carbocycles. The zero-order chi connectivity index (χ0) is 17.2. The first-order chi connectivity index (χ1) is 11.4. The minimum atomic E-state index is -0.132. The lowest BCUT2D eigenvalue weighted by molar-refractivity contribution is -0.115. The molecule has 0 aliphatic carbocycles. The third-order valence-electron chi connectivity index (χ3n) is 3.55. The van der Waals surface area contributed by atoms with Crippen LogP contribution in [0.3, 0.4) is 0 Å². The Morgan fingerprint density at radius 3 is 2.46 bits per heavy atom. The minimum absolute atomic E-state index is 0.114. The van der Waals surface area contributed by atoms with Crippen molar-refractivity contribution in [1.82, 2.24) is 19.6 Å². The lowest BCUT2D eigenvalue weighted by atomic mass is 10.1. The normalized spacial score (nSPS) is 11.5. The summed E-state index contributed by atoms with van der Waals surface area (Å²) in [5, 5.41) is 11.6. The van der Waals surface area contributed by atoms with E-state index in [1.807, 2.05) is 53.5 Å². The van der Waals surface area contributed by atoms with Crippen LogP contribution in [0.15, 0.2) is 54.9 Å². The molecule has 1 N–H and O–H groups in total. The van der Waals surface area contributed by atoms with Crippen LogP contribution < -0.4 is 5.32 Å². The van der Waals surface area contributed by atoms with E-state index < -0.39 is 0 Å². The molecule has 2 heterocycles. The molecule has 3 rings (SSSR count). The highest BCUT2D eigenvalue weighted by molar-refractivity contribution is 5.91. The Kier molecular flexibility index (Phi) is 4.20. The van der Waals surface area contributed by atoms with Crippen molar-refractivity contribution in [3.8, 4) is 5.69 Å². The van der Waals surface area contributed by atoms with Crippen LogP contribution in [-0.2, 0) is 16.8 Å². The van der Waals surface area contributed by atoms with E-state index in [0.29, 0.717) is 11.5 Å². The Morgan fingerprint density at radius 2 is 1.79 bits per heavy atom. The molecule has 3 aromatic rings. The van der Waals surface area contributed by atoms with E-state index >= 15 is 0 Å². The molecule has 0 saturated carbocycles. The number of rotatable bonds is 4. The number of hydrogen-bond donors (Lipinski definition) is 1. The summed E-state index contributed by atoms with van der Waals surface area (Å²) in [7, 11) is 0. The van der Waals surface area contributed by atoms with Crippen LogP contribution in [0.4, 0.5) is 5.82 Å². The van der Waals surface area contributed by atoms with E-state index in [9.17, 15) is 4.79 Å². The van der Waals surface area contributed by atoms with Gasteiger partial charge in [0.25, 0.3) is 0 Å². The molecular formula is C18H21N5O. The second kappa shape index (κ2) is 6.31. The third-order valence-corrected chi connectivity index (χ3v) is 3.55. The van der Waals surface area contributed by atoms with Crippen LogP contribution in [0.25, 0.3) is 5.69 Å². The van der Waals surface area contributed by atoms with Crippen molar-refractivity contribution < 1.29 is 4.79 Å². The molecule has 0 aliphatic heterocycles. The molecule has 0 saturated heterocycles. The molecule has 0 unspecified atom stereocenters. The molecule has 2 aromatic heterocycles. The van der Waals surface area contributed by atoms with Crippen molar-refractivity contribution in [3.63, 3.8) is 0 Å². The highest BCUT2D eigenvalue weighted by Crippen LogP contribution is 2.15. The topological polar surface area (TPSA) is 64.7 Å². The first kappa shape index (κ1) is 16.0. The van der Waals surface area contributed by atoms with E-state index in [1.54, 1.807) is 10.7 Å². The number of nitrogens with one attached hydrogen (secondary N) is 1. The monoisotopic (exact) mass is 323 g/mol. The average molecular weight is 323 g/mol. The zero-order valence-corrected chi connectivity index (χ0v) is 14.1. The molecule has 6 heteroatoms. The number of hydrogen-bond acceptors (Lipinski definition) is 3. The van der Waals surface area contributed by atoms with Gasteiger partial charge < -0.3 is 5.32 Å². The molecule has 0 spiro atoms. The van der Waals surface area contributed by atoms with Crippen LogP contribution in [0.2, 0.25) is 0 Å². The van der Waals surface area contributed by atoms with Gasteiger partial charge >= 0.3 is 0 Å². The number of carbonyl (C=O) groups excluding carboxylic acids is 1. The summed E-state index contributed by atoms with van der Waals surface area (Å²) in [4.78, 5) is 12.2. The van der Waals surface area contributed by atoms with Crippen molar-refractivity contribution in [2.45, 2.75) is 32.7 Å². The summed E-state index contributed by atoms with van der Waals surface area (Å²) in [6.07, 6.45) is 3.92. The predicted octanol–water partition coefficient (Wildman–Crippen LogP) is 3.01. The number of carbonyl (C=O) groups is 1. The van der Waals surface area contributed by atoms with E-state index in [-0.39, 0.29) is 17.9 Å². The molecule has 24 heavy (non-hydrogen) atoms. The van der Waals surface area contributed by atoms with Gasteiger partial charge in [0.1, 0.15) is 0 Å². The predicted molar refractivity (Wildman–Crippen MR) is 93.1 cm³/mol. The van der Waals surface area contributed by atoms with Crippen molar-refractivity contribution in [2.75, 3.05) is 5.32 Å². The fourth-order valence-electron chi connectivity index (χ4n) is 2.30. The second-order valence-corrected chi connectivity index (χ2v) is 6.63. The highest BCUT2D eigenvalue weighted by atomic mass is 16.1. The lowest BCUT2D eigenvalue weighted by Crippen LogP contribution is -2.23. The molecular weight excluding hydrogens is 302 g/mol. The first-order valence-corrected chi connectivity index (χ1v) is 7.88. The Balaban J connectivity index is 1.63. The Hall–Kier alpha value is -2.89. The highest BCUT2D eigenvalue weighted by Gasteiger charge is 2.15. The van der Waals surface area contributed by atoms with Crippen LogP contribution in [-0.4, -0.2) is 25.5 Å². The van der Waals surface area contributed by atoms with Gasteiger partial charge in [-0.05, 0) is 39.0 Å². The van der Waals surface area contributed by atoms with Crippen LogP contribution in [0.1, 0.15) is 26.5 Å². The Bertz CT molecular complexity index is 826. The van der Waals surface area contributed by atoms with Gasteiger partial charge in [-0.2, -0.15) is 10.2 Å².